The van der Waals surface area contributed by atoms with Gasteiger partial charge in [0.05, 0.1) is 0 Å². The maximum absolute atomic E-state index is 4.02. The van der Waals surface area contributed by atoms with Gasteiger partial charge in [-0.05, 0) is 48.2 Å². The number of pyridine rings is 1. The van der Waals surface area contributed by atoms with Gasteiger partial charge in [0, 0.05) is 24.6 Å². The zero-order valence-corrected chi connectivity index (χ0v) is 11.6. The van der Waals surface area contributed by atoms with Crippen LogP contribution in [0.3, 0.4) is 0 Å². The molecule has 1 heterocycles. The first-order valence-corrected chi connectivity index (χ1v) is 7.10. The van der Waals surface area contributed by atoms with Crippen molar-refractivity contribution in [1.29, 1.82) is 0 Å². The smallest absolute Gasteiger partial charge is 0.0401 e. The van der Waals surface area contributed by atoms with Gasteiger partial charge >= 0.3 is 0 Å². The maximum atomic E-state index is 4.02. The summed E-state index contributed by atoms with van der Waals surface area (Å²) in [5.41, 5.74) is 3.86. The molecule has 100 valence electrons. The molecule has 0 unspecified atom stereocenters. The summed E-state index contributed by atoms with van der Waals surface area (Å²) in [4.78, 5) is 4.02. The number of rotatable bonds is 7. The molecule has 0 aliphatic rings. The average molecular weight is 254 g/mol. The quantitative estimate of drug-likeness (QED) is 0.739. The fourth-order valence-electron chi connectivity index (χ4n) is 2.07. The van der Waals surface area contributed by atoms with Gasteiger partial charge in [-0.3, -0.25) is 4.98 Å². The molecule has 0 fully saturated rings. The van der Waals surface area contributed by atoms with E-state index in [4.69, 9.17) is 0 Å². The van der Waals surface area contributed by atoms with Crippen LogP contribution >= 0.6 is 0 Å². The lowest BCUT2D eigenvalue weighted by atomic mass is 10.1. The van der Waals surface area contributed by atoms with E-state index >= 15 is 0 Å². The summed E-state index contributed by atoms with van der Waals surface area (Å²) in [6, 6.07) is 12.9. The van der Waals surface area contributed by atoms with Crippen molar-refractivity contribution in [2.75, 3.05) is 5.32 Å². The van der Waals surface area contributed by atoms with E-state index in [-0.39, 0.29) is 0 Å². The van der Waals surface area contributed by atoms with Crippen LogP contribution in [0.1, 0.15) is 37.3 Å². The average Bonchev–Trinajstić information content (AvgIpc) is 2.48. The molecular formula is C17H22N2. The molecule has 2 rings (SSSR count). The Morgan fingerprint density at radius 1 is 0.895 bits per heavy atom. The monoisotopic (exact) mass is 254 g/mol. The zero-order chi connectivity index (χ0) is 13.3. The highest BCUT2D eigenvalue weighted by Gasteiger charge is 1.96. The van der Waals surface area contributed by atoms with Gasteiger partial charge in [-0.15, -0.1) is 0 Å². The maximum Gasteiger partial charge on any atom is 0.0401 e. The predicted molar refractivity (Wildman–Crippen MR) is 81.2 cm³/mol. The van der Waals surface area contributed by atoms with Crippen LogP contribution in [0.2, 0.25) is 0 Å². The molecule has 1 N–H and O–H groups in total. The molecule has 0 atom stereocenters. The summed E-state index contributed by atoms with van der Waals surface area (Å²) in [7, 11) is 0. The molecule has 0 saturated heterocycles. The number of unbranched alkanes of at least 4 members (excludes halogenated alkanes) is 2. The lowest BCUT2D eigenvalue weighted by Crippen LogP contribution is -1.99. The number of anilines is 1. The van der Waals surface area contributed by atoms with Gasteiger partial charge < -0.3 is 5.32 Å². The van der Waals surface area contributed by atoms with E-state index in [0.29, 0.717) is 0 Å². The van der Waals surface area contributed by atoms with E-state index < -0.39 is 0 Å². The standard InChI is InChI=1S/C17H22N2/c1-2-3-4-5-15-6-8-17(9-7-15)19-14-16-10-12-18-13-11-16/h6-13,19H,2-5,14H2,1H3. The van der Waals surface area contributed by atoms with E-state index in [1.165, 1.54) is 42.5 Å². The van der Waals surface area contributed by atoms with Crippen LogP contribution in [0.15, 0.2) is 48.8 Å². The Morgan fingerprint density at radius 2 is 1.63 bits per heavy atom. The van der Waals surface area contributed by atoms with E-state index in [9.17, 15) is 0 Å². The molecule has 2 nitrogen and oxygen atoms in total. The predicted octanol–water partition coefficient (Wildman–Crippen LogP) is 4.43. The van der Waals surface area contributed by atoms with Crippen LogP contribution in [-0.2, 0) is 13.0 Å². The molecule has 1 aromatic heterocycles. The van der Waals surface area contributed by atoms with Crippen LogP contribution in [0.4, 0.5) is 5.69 Å². The Labute approximate surface area is 115 Å². The first-order valence-electron chi connectivity index (χ1n) is 7.10. The molecule has 0 saturated carbocycles. The molecule has 0 aliphatic heterocycles. The number of aromatic nitrogens is 1. The second kappa shape index (κ2) is 7.57. The number of nitrogens with one attached hydrogen (secondary N) is 1. The van der Waals surface area contributed by atoms with Gasteiger partial charge in [0.25, 0.3) is 0 Å². The van der Waals surface area contributed by atoms with Crippen LogP contribution in [-0.4, -0.2) is 4.98 Å². The Balaban J connectivity index is 1.81. The van der Waals surface area contributed by atoms with Crippen LogP contribution in [0, 0.1) is 0 Å². The Bertz CT molecular complexity index is 462. The highest BCUT2D eigenvalue weighted by Crippen LogP contribution is 2.13. The normalized spacial score (nSPS) is 10.4. The summed E-state index contributed by atoms with van der Waals surface area (Å²) in [5, 5.41) is 3.43. The molecule has 0 radical (unpaired) electrons. The molecule has 1 aromatic carbocycles. The van der Waals surface area contributed by atoms with E-state index in [0.717, 1.165) is 6.54 Å². The second-order valence-corrected chi connectivity index (χ2v) is 4.86. The Hall–Kier alpha value is -1.83. The van der Waals surface area contributed by atoms with Crippen molar-refractivity contribution in [3.05, 3.63) is 59.9 Å². The number of aryl methyl sites for hydroxylation is 1. The first-order chi connectivity index (χ1) is 9.38. The molecule has 2 aromatic rings. The van der Waals surface area contributed by atoms with Crippen LogP contribution in [0.25, 0.3) is 0 Å². The number of hydrogen-bond donors (Lipinski definition) is 1. The van der Waals surface area contributed by atoms with Crippen molar-refractivity contribution in [3.8, 4) is 0 Å². The van der Waals surface area contributed by atoms with E-state index in [1.54, 1.807) is 0 Å². The van der Waals surface area contributed by atoms with Crippen molar-refractivity contribution in [1.82, 2.24) is 4.98 Å². The van der Waals surface area contributed by atoms with Crippen LogP contribution < -0.4 is 5.32 Å². The van der Waals surface area contributed by atoms with Crippen molar-refractivity contribution in [3.63, 3.8) is 0 Å². The van der Waals surface area contributed by atoms with Crippen molar-refractivity contribution in [2.45, 2.75) is 39.2 Å². The van der Waals surface area contributed by atoms with Crippen molar-refractivity contribution in [2.24, 2.45) is 0 Å². The number of benzene rings is 1. The molecule has 0 bridgehead atoms. The summed E-state index contributed by atoms with van der Waals surface area (Å²) in [6.07, 6.45) is 8.74. The van der Waals surface area contributed by atoms with Gasteiger partial charge in [-0.1, -0.05) is 31.9 Å². The molecule has 0 aliphatic carbocycles. The highest BCUT2D eigenvalue weighted by atomic mass is 14.9. The second-order valence-electron chi connectivity index (χ2n) is 4.86. The van der Waals surface area contributed by atoms with Gasteiger partial charge in [-0.25, -0.2) is 0 Å². The molecule has 19 heavy (non-hydrogen) atoms. The lowest BCUT2D eigenvalue weighted by Gasteiger charge is -2.07. The molecule has 0 spiro atoms. The SMILES string of the molecule is CCCCCc1ccc(NCc2ccncc2)cc1. The molecule has 2 heteroatoms. The summed E-state index contributed by atoms with van der Waals surface area (Å²) in [6.45, 7) is 3.09. The molecule has 0 amide bonds. The number of hydrogen-bond acceptors (Lipinski definition) is 2. The van der Waals surface area contributed by atoms with Gasteiger partial charge in [0.1, 0.15) is 0 Å². The summed E-state index contributed by atoms with van der Waals surface area (Å²) >= 11 is 0. The first kappa shape index (κ1) is 13.6. The summed E-state index contributed by atoms with van der Waals surface area (Å²) < 4.78 is 0. The van der Waals surface area contributed by atoms with E-state index in [1.807, 2.05) is 24.5 Å². The third-order valence-electron chi connectivity index (χ3n) is 3.27. The topological polar surface area (TPSA) is 24.9 Å². The third-order valence-corrected chi connectivity index (χ3v) is 3.27. The Morgan fingerprint density at radius 3 is 2.32 bits per heavy atom. The van der Waals surface area contributed by atoms with Crippen molar-refractivity contribution >= 4 is 5.69 Å². The third kappa shape index (κ3) is 4.74. The fourth-order valence-corrected chi connectivity index (χ4v) is 2.07. The van der Waals surface area contributed by atoms with Crippen LogP contribution in [0.5, 0.6) is 0 Å². The zero-order valence-electron chi connectivity index (χ0n) is 11.6. The van der Waals surface area contributed by atoms with Crippen molar-refractivity contribution < 1.29 is 0 Å². The van der Waals surface area contributed by atoms with E-state index in [2.05, 4.69) is 41.5 Å². The number of nitrogens with zero attached hydrogens (tertiary/aromatic N) is 1. The van der Waals surface area contributed by atoms with Gasteiger partial charge in [0.2, 0.25) is 0 Å². The Kier molecular flexibility index (Phi) is 5.42. The van der Waals surface area contributed by atoms with Gasteiger partial charge in [0.15, 0.2) is 0 Å². The highest BCUT2D eigenvalue weighted by molar-refractivity contribution is 5.45. The minimum atomic E-state index is 0.845. The summed E-state index contributed by atoms with van der Waals surface area (Å²) in [5.74, 6) is 0. The minimum absolute atomic E-state index is 0.845. The fraction of sp³-hybridized carbons (Fsp3) is 0.353. The minimum Gasteiger partial charge on any atom is -0.381 e. The lowest BCUT2D eigenvalue weighted by molar-refractivity contribution is 0.717. The molecular weight excluding hydrogens is 232 g/mol. The van der Waals surface area contributed by atoms with Gasteiger partial charge in [-0.2, -0.15) is 0 Å². The largest absolute Gasteiger partial charge is 0.381 e.